The van der Waals surface area contributed by atoms with Crippen LogP contribution in [0.3, 0.4) is 0 Å². The molecule has 0 radical (unpaired) electrons. The maximum atomic E-state index is 13.5. The van der Waals surface area contributed by atoms with Gasteiger partial charge < -0.3 is 16.0 Å². The molecule has 1 fully saturated rings. The Morgan fingerprint density at radius 2 is 2.39 bits per heavy atom. The fraction of sp³-hybridized carbons (Fsp3) is 0.462. The first-order valence-corrected chi connectivity index (χ1v) is 6.08. The van der Waals surface area contributed by atoms with Gasteiger partial charge in [-0.3, -0.25) is 4.79 Å². The van der Waals surface area contributed by atoms with E-state index in [1.807, 2.05) is 0 Å². The molecule has 1 amide bonds. The Kier molecular flexibility index (Phi) is 3.81. The van der Waals surface area contributed by atoms with Gasteiger partial charge in [0.05, 0.1) is 5.56 Å². The standard InChI is InChI=1S/C13H18FN3O/c1-17-5-4-9(8-17)7-16-13(18)11-3-2-10(15)6-12(11)14/h2-3,6,9H,4-5,7-8,15H2,1H3,(H,16,18). The minimum atomic E-state index is -0.573. The van der Waals surface area contributed by atoms with Gasteiger partial charge in [0, 0.05) is 18.8 Å². The molecule has 1 aliphatic rings. The van der Waals surface area contributed by atoms with E-state index in [0.717, 1.165) is 25.6 Å². The molecule has 1 saturated heterocycles. The van der Waals surface area contributed by atoms with E-state index in [1.165, 1.54) is 12.1 Å². The number of hydrogen-bond acceptors (Lipinski definition) is 3. The molecular weight excluding hydrogens is 233 g/mol. The zero-order chi connectivity index (χ0) is 13.1. The van der Waals surface area contributed by atoms with E-state index in [-0.39, 0.29) is 11.5 Å². The molecule has 1 aromatic rings. The minimum Gasteiger partial charge on any atom is -0.399 e. The highest BCUT2D eigenvalue weighted by Crippen LogP contribution is 2.14. The number of carbonyl (C=O) groups is 1. The molecule has 0 aliphatic carbocycles. The number of rotatable bonds is 3. The van der Waals surface area contributed by atoms with Crippen molar-refractivity contribution >= 4 is 11.6 Å². The second kappa shape index (κ2) is 5.35. The van der Waals surface area contributed by atoms with Gasteiger partial charge in [0.1, 0.15) is 5.82 Å². The molecule has 1 heterocycles. The fourth-order valence-electron chi connectivity index (χ4n) is 2.24. The Morgan fingerprint density at radius 3 is 3.00 bits per heavy atom. The summed E-state index contributed by atoms with van der Waals surface area (Å²) < 4.78 is 13.5. The lowest BCUT2D eigenvalue weighted by atomic mass is 10.1. The van der Waals surface area contributed by atoms with Crippen LogP contribution in [0.25, 0.3) is 0 Å². The van der Waals surface area contributed by atoms with Crippen molar-refractivity contribution in [2.45, 2.75) is 6.42 Å². The van der Waals surface area contributed by atoms with Crippen LogP contribution in [-0.2, 0) is 0 Å². The number of nitrogens with one attached hydrogen (secondary N) is 1. The predicted octanol–water partition coefficient (Wildman–Crippen LogP) is 1.09. The van der Waals surface area contributed by atoms with Crippen molar-refractivity contribution in [1.82, 2.24) is 10.2 Å². The van der Waals surface area contributed by atoms with Crippen molar-refractivity contribution in [3.63, 3.8) is 0 Å². The lowest BCUT2D eigenvalue weighted by molar-refractivity contribution is 0.0943. The molecule has 0 bridgehead atoms. The first-order chi connectivity index (χ1) is 8.56. The van der Waals surface area contributed by atoms with E-state index in [2.05, 4.69) is 17.3 Å². The molecule has 18 heavy (non-hydrogen) atoms. The highest BCUT2D eigenvalue weighted by Gasteiger charge is 2.20. The Bertz CT molecular complexity index is 450. The van der Waals surface area contributed by atoms with E-state index in [0.29, 0.717) is 18.2 Å². The van der Waals surface area contributed by atoms with Crippen LogP contribution in [0.5, 0.6) is 0 Å². The summed E-state index contributed by atoms with van der Waals surface area (Å²) >= 11 is 0. The lowest BCUT2D eigenvalue weighted by Gasteiger charge is -2.12. The van der Waals surface area contributed by atoms with Gasteiger partial charge in [0.25, 0.3) is 5.91 Å². The molecule has 2 rings (SSSR count). The number of likely N-dealkylation sites (tertiary alicyclic amines) is 1. The molecule has 1 aromatic carbocycles. The molecule has 1 atom stereocenters. The van der Waals surface area contributed by atoms with Gasteiger partial charge in [-0.2, -0.15) is 0 Å². The topological polar surface area (TPSA) is 58.4 Å². The number of hydrogen-bond donors (Lipinski definition) is 2. The summed E-state index contributed by atoms with van der Waals surface area (Å²) in [5, 5.41) is 2.78. The van der Waals surface area contributed by atoms with Gasteiger partial charge >= 0.3 is 0 Å². The van der Waals surface area contributed by atoms with Crippen molar-refractivity contribution in [2.75, 3.05) is 32.4 Å². The summed E-state index contributed by atoms with van der Waals surface area (Å²) in [7, 11) is 2.06. The van der Waals surface area contributed by atoms with E-state index >= 15 is 0 Å². The number of amides is 1. The monoisotopic (exact) mass is 251 g/mol. The van der Waals surface area contributed by atoms with Crippen LogP contribution in [0.15, 0.2) is 18.2 Å². The summed E-state index contributed by atoms with van der Waals surface area (Å²) in [6, 6.07) is 4.11. The zero-order valence-corrected chi connectivity index (χ0v) is 10.4. The number of nitrogens with two attached hydrogens (primary N) is 1. The summed E-state index contributed by atoms with van der Waals surface area (Å²) in [5.41, 5.74) is 5.81. The van der Waals surface area contributed by atoms with Gasteiger partial charge in [0.15, 0.2) is 0 Å². The summed E-state index contributed by atoms with van der Waals surface area (Å²) in [5.74, 6) is -0.492. The number of benzene rings is 1. The van der Waals surface area contributed by atoms with Crippen molar-refractivity contribution < 1.29 is 9.18 Å². The molecule has 0 aromatic heterocycles. The molecule has 1 aliphatic heterocycles. The van der Waals surface area contributed by atoms with E-state index in [9.17, 15) is 9.18 Å². The predicted molar refractivity (Wildman–Crippen MR) is 68.7 cm³/mol. The smallest absolute Gasteiger partial charge is 0.254 e. The second-order valence-corrected chi connectivity index (χ2v) is 4.87. The SMILES string of the molecule is CN1CCC(CNC(=O)c2ccc(N)cc2F)C1. The molecule has 0 spiro atoms. The molecule has 98 valence electrons. The molecule has 4 nitrogen and oxygen atoms in total. The Hall–Kier alpha value is -1.62. The molecule has 3 N–H and O–H groups in total. The van der Waals surface area contributed by atoms with Crippen LogP contribution in [0.4, 0.5) is 10.1 Å². The normalized spacial score (nSPS) is 20.0. The highest BCUT2D eigenvalue weighted by molar-refractivity contribution is 5.94. The Balaban J connectivity index is 1.91. The largest absolute Gasteiger partial charge is 0.399 e. The lowest BCUT2D eigenvalue weighted by Crippen LogP contribution is -2.31. The Morgan fingerprint density at radius 1 is 1.61 bits per heavy atom. The molecule has 1 unspecified atom stereocenters. The number of anilines is 1. The Labute approximate surface area is 106 Å². The van der Waals surface area contributed by atoms with E-state index in [4.69, 9.17) is 5.73 Å². The molecule has 0 saturated carbocycles. The van der Waals surface area contributed by atoms with E-state index in [1.54, 1.807) is 0 Å². The van der Waals surface area contributed by atoms with Crippen LogP contribution in [0.2, 0.25) is 0 Å². The molecular formula is C13H18FN3O. The van der Waals surface area contributed by atoms with Gasteiger partial charge in [-0.25, -0.2) is 4.39 Å². The third-order valence-electron chi connectivity index (χ3n) is 3.28. The van der Waals surface area contributed by atoms with Crippen LogP contribution in [0, 0.1) is 11.7 Å². The van der Waals surface area contributed by atoms with Crippen LogP contribution in [-0.4, -0.2) is 37.5 Å². The van der Waals surface area contributed by atoms with Crippen molar-refractivity contribution in [3.8, 4) is 0 Å². The number of nitrogen functional groups attached to an aromatic ring is 1. The van der Waals surface area contributed by atoms with Crippen LogP contribution in [0.1, 0.15) is 16.8 Å². The quantitative estimate of drug-likeness (QED) is 0.791. The average Bonchev–Trinajstić information content (AvgIpc) is 2.72. The number of carbonyl (C=O) groups excluding carboxylic acids is 1. The second-order valence-electron chi connectivity index (χ2n) is 4.87. The zero-order valence-electron chi connectivity index (χ0n) is 10.4. The third kappa shape index (κ3) is 2.98. The average molecular weight is 251 g/mol. The van der Waals surface area contributed by atoms with E-state index < -0.39 is 5.82 Å². The summed E-state index contributed by atoms with van der Waals surface area (Å²) in [6.07, 6.45) is 1.07. The number of halogens is 1. The van der Waals surface area contributed by atoms with Gasteiger partial charge in [-0.1, -0.05) is 0 Å². The van der Waals surface area contributed by atoms with Gasteiger partial charge in [-0.05, 0) is 44.1 Å². The van der Waals surface area contributed by atoms with Crippen molar-refractivity contribution in [2.24, 2.45) is 5.92 Å². The third-order valence-corrected chi connectivity index (χ3v) is 3.28. The molecule has 5 heteroatoms. The summed E-state index contributed by atoms with van der Waals surface area (Å²) in [4.78, 5) is 14.0. The first kappa shape index (κ1) is 12.8. The maximum Gasteiger partial charge on any atom is 0.254 e. The highest BCUT2D eigenvalue weighted by atomic mass is 19.1. The fourth-order valence-corrected chi connectivity index (χ4v) is 2.24. The number of nitrogens with zero attached hydrogens (tertiary/aromatic N) is 1. The van der Waals surface area contributed by atoms with Crippen LogP contribution >= 0.6 is 0 Å². The minimum absolute atomic E-state index is 0.0514. The van der Waals surface area contributed by atoms with Gasteiger partial charge in [-0.15, -0.1) is 0 Å². The van der Waals surface area contributed by atoms with Crippen molar-refractivity contribution in [1.29, 1.82) is 0 Å². The van der Waals surface area contributed by atoms with Crippen molar-refractivity contribution in [3.05, 3.63) is 29.6 Å². The van der Waals surface area contributed by atoms with Crippen LogP contribution < -0.4 is 11.1 Å². The van der Waals surface area contributed by atoms with Gasteiger partial charge in [0.2, 0.25) is 0 Å². The first-order valence-electron chi connectivity index (χ1n) is 6.08. The summed E-state index contributed by atoms with van der Waals surface area (Å²) in [6.45, 7) is 2.62. The maximum absolute atomic E-state index is 13.5.